The Morgan fingerprint density at radius 2 is 1.88 bits per heavy atom. The van der Waals surface area contributed by atoms with Crippen LogP contribution >= 0.6 is 0 Å². The average Bonchev–Trinajstić information content (AvgIpc) is 2.26. The van der Waals surface area contributed by atoms with E-state index in [0.29, 0.717) is 6.42 Å². The SMILES string of the molecule is CCC(=O)N1CCC(OC)(C(F)(F)F)CC1. The zero-order valence-electron chi connectivity index (χ0n) is 9.43. The van der Waals surface area contributed by atoms with Gasteiger partial charge < -0.3 is 9.64 Å². The maximum absolute atomic E-state index is 12.8. The molecule has 0 aromatic heterocycles. The molecule has 1 amide bonds. The Morgan fingerprint density at radius 1 is 1.38 bits per heavy atom. The standard InChI is InChI=1S/C10H16F3NO2/c1-3-8(15)14-6-4-9(16-2,5-7-14)10(11,12)13/h3-7H2,1-2H3. The van der Waals surface area contributed by atoms with Crippen LogP contribution in [0.1, 0.15) is 26.2 Å². The first-order valence-electron chi connectivity index (χ1n) is 5.26. The minimum Gasteiger partial charge on any atom is -0.369 e. The molecule has 0 aromatic carbocycles. The van der Waals surface area contributed by atoms with Crippen LogP contribution < -0.4 is 0 Å². The maximum Gasteiger partial charge on any atom is 0.417 e. The van der Waals surface area contributed by atoms with E-state index in [2.05, 4.69) is 4.74 Å². The van der Waals surface area contributed by atoms with Crippen molar-refractivity contribution in [2.45, 2.75) is 38.0 Å². The fourth-order valence-electron chi connectivity index (χ4n) is 1.94. The van der Waals surface area contributed by atoms with Crippen molar-refractivity contribution in [3.63, 3.8) is 0 Å². The van der Waals surface area contributed by atoms with Gasteiger partial charge >= 0.3 is 6.18 Å². The molecule has 16 heavy (non-hydrogen) atoms. The van der Waals surface area contributed by atoms with E-state index in [0.717, 1.165) is 7.11 Å². The van der Waals surface area contributed by atoms with E-state index in [4.69, 9.17) is 0 Å². The van der Waals surface area contributed by atoms with Crippen molar-refractivity contribution in [2.24, 2.45) is 0 Å². The van der Waals surface area contributed by atoms with Gasteiger partial charge in [0.2, 0.25) is 5.91 Å². The van der Waals surface area contributed by atoms with Crippen molar-refractivity contribution in [3.8, 4) is 0 Å². The number of hydrogen-bond acceptors (Lipinski definition) is 2. The smallest absolute Gasteiger partial charge is 0.369 e. The number of carbonyl (C=O) groups is 1. The third-order valence-corrected chi connectivity index (χ3v) is 3.13. The van der Waals surface area contributed by atoms with Crippen LogP contribution in [0.5, 0.6) is 0 Å². The van der Waals surface area contributed by atoms with Crippen molar-refractivity contribution < 1.29 is 22.7 Å². The molecule has 0 unspecified atom stereocenters. The number of rotatable bonds is 2. The zero-order valence-corrected chi connectivity index (χ0v) is 9.43. The van der Waals surface area contributed by atoms with Crippen LogP contribution in [0.3, 0.4) is 0 Å². The maximum atomic E-state index is 12.8. The molecular weight excluding hydrogens is 223 g/mol. The highest BCUT2D eigenvalue weighted by Crippen LogP contribution is 2.41. The van der Waals surface area contributed by atoms with Gasteiger partial charge in [-0.3, -0.25) is 4.79 Å². The Labute approximate surface area is 92.5 Å². The number of methoxy groups -OCH3 is 1. The topological polar surface area (TPSA) is 29.5 Å². The third kappa shape index (κ3) is 2.31. The molecule has 0 spiro atoms. The normalized spacial score (nSPS) is 20.9. The molecule has 0 atom stereocenters. The van der Waals surface area contributed by atoms with Gasteiger partial charge in [-0.2, -0.15) is 13.2 Å². The van der Waals surface area contributed by atoms with Gasteiger partial charge in [-0.25, -0.2) is 0 Å². The van der Waals surface area contributed by atoms with E-state index in [9.17, 15) is 18.0 Å². The van der Waals surface area contributed by atoms with E-state index in [1.807, 2.05) is 0 Å². The van der Waals surface area contributed by atoms with Gasteiger partial charge in [0.15, 0.2) is 5.60 Å². The summed E-state index contributed by atoms with van der Waals surface area (Å²) in [6.45, 7) is 1.92. The average molecular weight is 239 g/mol. The molecule has 0 saturated carbocycles. The van der Waals surface area contributed by atoms with Crippen LogP contribution in [0.25, 0.3) is 0 Å². The van der Waals surface area contributed by atoms with E-state index in [1.165, 1.54) is 4.90 Å². The summed E-state index contributed by atoms with van der Waals surface area (Å²) in [6.07, 6.45) is -4.41. The number of halogens is 3. The summed E-state index contributed by atoms with van der Waals surface area (Å²) in [6, 6.07) is 0. The predicted molar refractivity (Wildman–Crippen MR) is 51.9 cm³/mol. The number of ether oxygens (including phenoxy) is 1. The molecule has 1 aliphatic rings. The monoisotopic (exact) mass is 239 g/mol. The lowest BCUT2D eigenvalue weighted by Gasteiger charge is -2.41. The number of hydrogen-bond donors (Lipinski definition) is 0. The molecule has 1 fully saturated rings. The van der Waals surface area contributed by atoms with E-state index < -0.39 is 11.8 Å². The summed E-state index contributed by atoms with van der Waals surface area (Å²) < 4.78 is 43.0. The van der Waals surface area contributed by atoms with Gasteiger partial charge in [-0.1, -0.05) is 6.92 Å². The van der Waals surface area contributed by atoms with Crippen molar-refractivity contribution in [1.29, 1.82) is 0 Å². The number of alkyl halides is 3. The van der Waals surface area contributed by atoms with E-state index >= 15 is 0 Å². The van der Waals surface area contributed by atoms with Gasteiger partial charge in [0.05, 0.1) is 0 Å². The summed E-state index contributed by atoms with van der Waals surface area (Å²) >= 11 is 0. The number of piperidine rings is 1. The molecule has 1 saturated heterocycles. The van der Waals surface area contributed by atoms with Gasteiger partial charge in [-0.05, 0) is 0 Å². The molecule has 94 valence electrons. The lowest BCUT2D eigenvalue weighted by Crippen LogP contribution is -2.55. The summed E-state index contributed by atoms with van der Waals surface area (Å²) in [7, 11) is 1.07. The lowest BCUT2D eigenvalue weighted by atomic mass is 9.90. The highest BCUT2D eigenvalue weighted by molar-refractivity contribution is 5.75. The van der Waals surface area contributed by atoms with Crippen LogP contribution in [0.4, 0.5) is 13.2 Å². The molecule has 0 radical (unpaired) electrons. The van der Waals surface area contributed by atoms with Gasteiger partial charge in [0, 0.05) is 39.5 Å². The second-order valence-electron chi connectivity index (χ2n) is 3.93. The minimum atomic E-state index is -4.37. The molecule has 1 aliphatic heterocycles. The zero-order chi connectivity index (χ0) is 12.4. The highest BCUT2D eigenvalue weighted by Gasteiger charge is 2.56. The predicted octanol–water partition coefficient (Wildman–Crippen LogP) is 1.97. The molecule has 0 N–H and O–H groups in total. The van der Waals surface area contributed by atoms with Crippen LogP contribution in [0.15, 0.2) is 0 Å². The quantitative estimate of drug-likeness (QED) is 0.737. The molecule has 0 aliphatic carbocycles. The summed E-state index contributed by atoms with van der Waals surface area (Å²) in [5, 5.41) is 0. The largest absolute Gasteiger partial charge is 0.417 e. The van der Waals surface area contributed by atoms with Gasteiger partial charge in [0.25, 0.3) is 0 Å². The fourth-order valence-corrected chi connectivity index (χ4v) is 1.94. The minimum absolute atomic E-state index is 0.105. The Bertz CT molecular complexity index is 257. The molecule has 3 nitrogen and oxygen atoms in total. The molecule has 0 aromatic rings. The number of amides is 1. The fraction of sp³-hybridized carbons (Fsp3) is 0.900. The van der Waals surface area contributed by atoms with Crippen LogP contribution in [-0.4, -0.2) is 42.8 Å². The molecule has 1 rings (SSSR count). The van der Waals surface area contributed by atoms with Crippen LogP contribution in [0, 0.1) is 0 Å². The number of carbonyl (C=O) groups excluding carboxylic acids is 1. The van der Waals surface area contributed by atoms with E-state index in [-0.39, 0.29) is 31.8 Å². The van der Waals surface area contributed by atoms with Crippen molar-refractivity contribution in [1.82, 2.24) is 4.90 Å². The second-order valence-corrected chi connectivity index (χ2v) is 3.93. The van der Waals surface area contributed by atoms with Crippen molar-refractivity contribution in [2.75, 3.05) is 20.2 Å². The number of nitrogens with zero attached hydrogens (tertiary/aromatic N) is 1. The Kier molecular flexibility index (Phi) is 3.83. The Morgan fingerprint density at radius 3 is 2.19 bits per heavy atom. The molecule has 0 bridgehead atoms. The third-order valence-electron chi connectivity index (χ3n) is 3.13. The van der Waals surface area contributed by atoms with Crippen molar-refractivity contribution in [3.05, 3.63) is 0 Å². The first-order chi connectivity index (χ1) is 7.36. The van der Waals surface area contributed by atoms with Crippen molar-refractivity contribution >= 4 is 5.91 Å². The summed E-state index contributed by atoms with van der Waals surface area (Å²) in [5.74, 6) is -0.105. The molecule has 6 heteroatoms. The second kappa shape index (κ2) is 4.61. The van der Waals surface area contributed by atoms with Crippen LogP contribution in [-0.2, 0) is 9.53 Å². The molecule has 1 heterocycles. The Balaban J connectivity index is 2.68. The first-order valence-corrected chi connectivity index (χ1v) is 5.26. The summed E-state index contributed by atoms with van der Waals surface area (Å²) in [5.41, 5.74) is -2.07. The van der Waals surface area contributed by atoms with Gasteiger partial charge in [0.1, 0.15) is 0 Å². The lowest BCUT2D eigenvalue weighted by molar-refractivity contribution is -0.281. The first kappa shape index (κ1) is 13.3. The Hall–Kier alpha value is -0.780. The molecular formula is C10H16F3NO2. The highest BCUT2D eigenvalue weighted by atomic mass is 19.4. The van der Waals surface area contributed by atoms with Gasteiger partial charge in [-0.15, -0.1) is 0 Å². The summed E-state index contributed by atoms with van der Waals surface area (Å²) in [4.78, 5) is 12.8. The number of likely N-dealkylation sites (tertiary alicyclic amines) is 1. The van der Waals surface area contributed by atoms with E-state index in [1.54, 1.807) is 6.92 Å². The van der Waals surface area contributed by atoms with Crippen LogP contribution in [0.2, 0.25) is 0 Å².